The van der Waals surface area contributed by atoms with Gasteiger partial charge < -0.3 is 9.72 Å². The lowest BCUT2D eigenvalue weighted by molar-refractivity contribution is -0.0287. The van der Waals surface area contributed by atoms with E-state index >= 15 is 0 Å². The second-order valence-electron chi connectivity index (χ2n) is 8.49. The van der Waals surface area contributed by atoms with Gasteiger partial charge in [0, 0.05) is 31.8 Å². The van der Waals surface area contributed by atoms with Crippen molar-refractivity contribution in [3.63, 3.8) is 0 Å². The molecule has 150 valence electrons. The number of rotatable bonds is 3. The summed E-state index contributed by atoms with van der Waals surface area (Å²) in [5, 5.41) is 0. The Hall–Kier alpha value is -1.30. The first-order valence-corrected chi connectivity index (χ1v) is 9.99. The zero-order valence-electron chi connectivity index (χ0n) is 16.7. The van der Waals surface area contributed by atoms with Gasteiger partial charge in [0.25, 0.3) is 0 Å². The maximum Gasteiger partial charge on any atom is 0.326 e. The maximum atomic E-state index is 12.6. The number of nitrogens with zero attached hydrogens (tertiary/aromatic N) is 2. The molecular weight excluding hydrogens is 362 g/mol. The van der Waals surface area contributed by atoms with Crippen LogP contribution in [0.15, 0.2) is 23.0 Å². The number of benzene rings is 1. The summed E-state index contributed by atoms with van der Waals surface area (Å²) in [6.07, 6.45) is 7.28. The molecule has 0 unspecified atom stereocenters. The molecular formula is C21H32ClN3O2. The van der Waals surface area contributed by atoms with Crippen LogP contribution in [0.1, 0.15) is 57.1 Å². The molecule has 5 nitrogen and oxygen atoms in total. The number of imidazole rings is 1. The Bertz CT molecular complexity index is 838. The fourth-order valence-corrected chi connectivity index (χ4v) is 5.15. The van der Waals surface area contributed by atoms with E-state index in [4.69, 9.17) is 4.74 Å². The number of hydrogen-bond donors (Lipinski definition) is 1. The van der Waals surface area contributed by atoms with E-state index < -0.39 is 0 Å². The quantitative estimate of drug-likeness (QED) is 0.855. The number of fused-ring (bicyclic) bond motifs is 1. The minimum absolute atomic E-state index is 0. The Labute approximate surface area is 167 Å². The summed E-state index contributed by atoms with van der Waals surface area (Å²) in [6.45, 7) is 6.60. The molecule has 0 spiro atoms. The Morgan fingerprint density at radius 2 is 1.96 bits per heavy atom. The lowest BCUT2D eigenvalue weighted by Crippen LogP contribution is -2.53. The van der Waals surface area contributed by atoms with Crippen LogP contribution < -0.4 is 5.69 Å². The fraction of sp³-hybridized carbons (Fsp3) is 0.667. The van der Waals surface area contributed by atoms with E-state index in [-0.39, 0.29) is 23.6 Å². The third-order valence-corrected chi connectivity index (χ3v) is 6.71. The molecule has 1 saturated heterocycles. The third-order valence-electron chi connectivity index (χ3n) is 6.71. The summed E-state index contributed by atoms with van der Waals surface area (Å²) in [6, 6.07) is 6.50. The molecule has 2 aromatic rings. The number of ether oxygens (including phenoxy) is 1. The van der Waals surface area contributed by atoms with E-state index in [1.54, 1.807) is 0 Å². The molecule has 27 heavy (non-hydrogen) atoms. The molecule has 1 aromatic carbocycles. The van der Waals surface area contributed by atoms with Crippen molar-refractivity contribution in [2.45, 2.75) is 70.1 Å². The van der Waals surface area contributed by atoms with Crippen molar-refractivity contribution in [3.05, 3.63) is 34.2 Å². The standard InChI is InChI=1S/C21H31N3O2.ClH/c1-15-6-7-18-19(13-15)24(20(25)22-18)16-8-11-23(12-9-16)21(2)10-4-5-17(14-21)26-3;/h6-7,13,16-17H,4-5,8-12,14H2,1-3H3,(H,22,25);1H/t17-,21+;/m0./s1. The van der Waals surface area contributed by atoms with E-state index in [0.717, 1.165) is 43.4 Å². The molecule has 1 saturated carbocycles. The number of H-pyrrole nitrogens is 1. The van der Waals surface area contributed by atoms with Gasteiger partial charge in [0.05, 0.1) is 17.1 Å². The highest BCUT2D eigenvalue weighted by Gasteiger charge is 2.39. The molecule has 1 aliphatic heterocycles. The Kier molecular flexibility index (Phi) is 6.04. The predicted octanol–water partition coefficient (Wildman–Crippen LogP) is 4.04. The van der Waals surface area contributed by atoms with Crippen molar-refractivity contribution < 1.29 is 4.74 Å². The van der Waals surface area contributed by atoms with Gasteiger partial charge in [-0.2, -0.15) is 0 Å². The van der Waals surface area contributed by atoms with Gasteiger partial charge in [0.2, 0.25) is 0 Å². The maximum absolute atomic E-state index is 12.6. The van der Waals surface area contributed by atoms with Gasteiger partial charge >= 0.3 is 5.69 Å². The number of aryl methyl sites for hydroxylation is 1. The SMILES string of the molecule is CO[C@H]1CCC[C@@](C)(N2CCC(n3c(=O)[nH]c4ccc(C)cc43)CC2)C1.Cl. The lowest BCUT2D eigenvalue weighted by atomic mass is 9.79. The van der Waals surface area contributed by atoms with Crippen LogP contribution in [0, 0.1) is 6.92 Å². The zero-order valence-corrected chi connectivity index (χ0v) is 17.5. The van der Waals surface area contributed by atoms with Crippen LogP contribution in [0.3, 0.4) is 0 Å². The number of hydrogen-bond acceptors (Lipinski definition) is 3. The van der Waals surface area contributed by atoms with Gasteiger partial charge in [0.1, 0.15) is 0 Å². The molecule has 2 atom stereocenters. The molecule has 1 aromatic heterocycles. The molecule has 0 radical (unpaired) electrons. The number of likely N-dealkylation sites (tertiary alicyclic amines) is 1. The van der Waals surface area contributed by atoms with E-state index in [2.05, 4.69) is 35.9 Å². The van der Waals surface area contributed by atoms with Crippen LogP contribution in [0.5, 0.6) is 0 Å². The van der Waals surface area contributed by atoms with Crippen molar-refractivity contribution in [3.8, 4) is 0 Å². The van der Waals surface area contributed by atoms with Crippen molar-refractivity contribution in [1.82, 2.24) is 14.5 Å². The van der Waals surface area contributed by atoms with Crippen LogP contribution >= 0.6 is 12.4 Å². The monoisotopic (exact) mass is 393 g/mol. The highest BCUT2D eigenvalue weighted by molar-refractivity contribution is 5.85. The van der Waals surface area contributed by atoms with Gasteiger partial charge in [-0.1, -0.05) is 6.07 Å². The molecule has 2 aliphatic rings. The van der Waals surface area contributed by atoms with Crippen LogP contribution in [-0.2, 0) is 4.74 Å². The fourth-order valence-electron chi connectivity index (χ4n) is 5.15. The van der Waals surface area contributed by atoms with Gasteiger partial charge in [-0.15, -0.1) is 12.4 Å². The summed E-state index contributed by atoms with van der Waals surface area (Å²) in [7, 11) is 1.84. The Morgan fingerprint density at radius 1 is 1.22 bits per heavy atom. The van der Waals surface area contributed by atoms with Gasteiger partial charge in [-0.25, -0.2) is 4.79 Å². The van der Waals surface area contributed by atoms with Crippen LogP contribution in [0.4, 0.5) is 0 Å². The lowest BCUT2D eigenvalue weighted by Gasteiger charge is -2.48. The highest BCUT2D eigenvalue weighted by atomic mass is 35.5. The molecule has 1 aliphatic carbocycles. The van der Waals surface area contributed by atoms with Crippen molar-refractivity contribution in [2.24, 2.45) is 0 Å². The minimum atomic E-state index is 0. The number of nitrogens with one attached hydrogen (secondary N) is 1. The molecule has 0 bridgehead atoms. The second kappa shape index (κ2) is 7.98. The van der Waals surface area contributed by atoms with Crippen molar-refractivity contribution in [2.75, 3.05) is 20.2 Å². The van der Waals surface area contributed by atoms with Crippen LogP contribution in [-0.4, -0.2) is 46.3 Å². The van der Waals surface area contributed by atoms with E-state index in [9.17, 15) is 4.79 Å². The first kappa shape index (κ1) is 20.4. The summed E-state index contributed by atoms with van der Waals surface area (Å²) in [4.78, 5) is 18.2. The Morgan fingerprint density at radius 3 is 2.67 bits per heavy atom. The van der Waals surface area contributed by atoms with Gasteiger partial charge in [-0.3, -0.25) is 9.47 Å². The van der Waals surface area contributed by atoms with E-state index in [1.165, 1.54) is 24.8 Å². The summed E-state index contributed by atoms with van der Waals surface area (Å²) in [5.74, 6) is 0. The second-order valence-corrected chi connectivity index (χ2v) is 8.49. The molecule has 2 heterocycles. The first-order valence-electron chi connectivity index (χ1n) is 9.99. The van der Waals surface area contributed by atoms with E-state index in [0.29, 0.717) is 12.1 Å². The minimum Gasteiger partial charge on any atom is -0.381 e. The molecule has 4 rings (SSSR count). The van der Waals surface area contributed by atoms with Crippen molar-refractivity contribution in [1.29, 1.82) is 0 Å². The normalized spacial score (nSPS) is 27.6. The third kappa shape index (κ3) is 3.82. The largest absolute Gasteiger partial charge is 0.381 e. The van der Waals surface area contributed by atoms with Gasteiger partial charge in [-0.05, 0) is 70.1 Å². The number of aromatic nitrogens is 2. The average molecular weight is 394 g/mol. The summed E-state index contributed by atoms with van der Waals surface area (Å²) in [5.41, 5.74) is 3.48. The van der Waals surface area contributed by atoms with E-state index in [1.807, 2.05) is 17.7 Å². The van der Waals surface area contributed by atoms with Crippen molar-refractivity contribution >= 4 is 23.4 Å². The summed E-state index contributed by atoms with van der Waals surface area (Å²) >= 11 is 0. The number of piperidine rings is 1. The Balaban J connectivity index is 0.00000210. The van der Waals surface area contributed by atoms with Crippen LogP contribution in [0.2, 0.25) is 0 Å². The molecule has 1 N–H and O–H groups in total. The number of aromatic amines is 1. The highest BCUT2D eigenvalue weighted by Crippen LogP contribution is 2.38. The average Bonchev–Trinajstić information content (AvgIpc) is 2.97. The molecule has 2 fully saturated rings. The smallest absolute Gasteiger partial charge is 0.326 e. The first-order chi connectivity index (χ1) is 12.5. The number of methoxy groups -OCH3 is 1. The summed E-state index contributed by atoms with van der Waals surface area (Å²) < 4.78 is 7.66. The number of halogens is 1. The van der Waals surface area contributed by atoms with Crippen LogP contribution in [0.25, 0.3) is 11.0 Å². The van der Waals surface area contributed by atoms with Gasteiger partial charge in [0.15, 0.2) is 0 Å². The zero-order chi connectivity index (χ0) is 18.3. The molecule has 0 amide bonds. The predicted molar refractivity (Wildman–Crippen MR) is 112 cm³/mol. The topological polar surface area (TPSA) is 50.3 Å². The molecule has 6 heteroatoms.